The Bertz CT molecular complexity index is 405. The van der Waals surface area contributed by atoms with Gasteiger partial charge in [-0.3, -0.25) is 4.21 Å². The molecule has 0 saturated heterocycles. The Morgan fingerprint density at radius 2 is 2.13 bits per heavy atom. The first-order valence-electron chi connectivity index (χ1n) is 4.07. The standard InChI is InChI=1S/C8H8BF3NOS/c1-15(14)8-6-7(3-5-13-8)2-4-9(10,11)12/h2-6H,1H3/q-1/b4-2+. The second kappa shape index (κ2) is 4.61. The Hall–Kier alpha value is -1.11. The molecular weight excluding hydrogens is 226 g/mol. The SMILES string of the molecule is CS(=O)c1cc(/C=C/[B-](F)(F)F)ccn1. The molecule has 2 nitrogen and oxygen atoms in total. The highest BCUT2D eigenvalue weighted by Gasteiger charge is 2.16. The van der Waals surface area contributed by atoms with Gasteiger partial charge in [0.15, 0.2) is 0 Å². The summed E-state index contributed by atoms with van der Waals surface area (Å²) in [5.74, 6) is 0.192. The van der Waals surface area contributed by atoms with Crippen LogP contribution >= 0.6 is 0 Å². The van der Waals surface area contributed by atoms with Crippen molar-refractivity contribution >= 4 is 23.9 Å². The van der Waals surface area contributed by atoms with Crippen LogP contribution in [0.1, 0.15) is 5.56 Å². The van der Waals surface area contributed by atoms with Crippen LogP contribution in [0.25, 0.3) is 6.08 Å². The van der Waals surface area contributed by atoms with Crippen molar-refractivity contribution in [2.75, 3.05) is 6.26 Å². The molecule has 1 atom stereocenters. The van der Waals surface area contributed by atoms with Gasteiger partial charge < -0.3 is 12.9 Å². The van der Waals surface area contributed by atoms with Crippen LogP contribution in [-0.4, -0.2) is 22.4 Å². The van der Waals surface area contributed by atoms with Crippen molar-refractivity contribution in [2.24, 2.45) is 0 Å². The molecule has 1 unspecified atom stereocenters. The highest BCUT2D eigenvalue weighted by Crippen LogP contribution is 2.13. The molecule has 82 valence electrons. The molecule has 1 aromatic rings. The van der Waals surface area contributed by atoms with Gasteiger partial charge in [-0.15, -0.1) is 5.98 Å². The summed E-state index contributed by atoms with van der Waals surface area (Å²) in [6, 6.07) is 2.79. The molecule has 0 radical (unpaired) electrons. The normalized spacial score (nSPS) is 14.4. The van der Waals surface area contributed by atoms with E-state index in [2.05, 4.69) is 4.98 Å². The Kier molecular flexibility index (Phi) is 3.68. The average molecular weight is 234 g/mol. The number of halogens is 3. The molecule has 1 rings (SSSR count). The molecule has 0 bridgehead atoms. The average Bonchev–Trinajstić information content (AvgIpc) is 2.14. The summed E-state index contributed by atoms with van der Waals surface area (Å²) in [5.41, 5.74) is 0.342. The van der Waals surface area contributed by atoms with E-state index in [0.29, 0.717) is 5.56 Å². The molecule has 0 aliphatic carbocycles. The molecule has 1 aromatic heterocycles. The summed E-state index contributed by atoms with van der Waals surface area (Å²) in [6.45, 7) is -4.93. The van der Waals surface area contributed by atoms with E-state index < -0.39 is 17.8 Å². The Morgan fingerprint density at radius 1 is 1.47 bits per heavy atom. The largest absolute Gasteiger partial charge is 0.502 e. The molecule has 0 aromatic carbocycles. The van der Waals surface area contributed by atoms with Crippen LogP contribution in [0.3, 0.4) is 0 Å². The fourth-order valence-electron chi connectivity index (χ4n) is 0.906. The van der Waals surface area contributed by atoms with Gasteiger partial charge >= 0.3 is 6.98 Å². The topological polar surface area (TPSA) is 30.0 Å². The maximum Gasteiger partial charge on any atom is 0.502 e. The zero-order valence-corrected chi connectivity index (χ0v) is 8.68. The summed E-state index contributed by atoms with van der Waals surface area (Å²) in [7, 11) is -1.29. The van der Waals surface area contributed by atoms with Gasteiger partial charge in [-0.05, 0) is 17.7 Å². The minimum Gasteiger partial charge on any atom is -0.445 e. The lowest BCUT2D eigenvalue weighted by Crippen LogP contribution is -2.09. The van der Waals surface area contributed by atoms with Crippen molar-refractivity contribution < 1.29 is 17.2 Å². The summed E-state index contributed by atoms with van der Waals surface area (Å²) < 4.78 is 46.7. The van der Waals surface area contributed by atoms with Crippen molar-refractivity contribution in [1.29, 1.82) is 0 Å². The zero-order valence-electron chi connectivity index (χ0n) is 7.86. The number of pyridine rings is 1. The summed E-state index contributed by atoms with van der Waals surface area (Å²) in [5, 5.41) is 0.270. The van der Waals surface area contributed by atoms with Gasteiger partial charge in [0.25, 0.3) is 0 Å². The molecule has 0 N–H and O–H groups in total. The highest BCUT2D eigenvalue weighted by molar-refractivity contribution is 7.84. The van der Waals surface area contributed by atoms with E-state index in [-0.39, 0.29) is 11.0 Å². The molecule has 1 heterocycles. The van der Waals surface area contributed by atoms with Crippen molar-refractivity contribution in [2.45, 2.75) is 5.03 Å². The van der Waals surface area contributed by atoms with Crippen LogP contribution in [0.15, 0.2) is 29.3 Å². The van der Waals surface area contributed by atoms with E-state index in [1.54, 1.807) is 0 Å². The van der Waals surface area contributed by atoms with Crippen LogP contribution in [0.5, 0.6) is 0 Å². The van der Waals surface area contributed by atoms with Crippen LogP contribution in [0, 0.1) is 0 Å². The molecular formula is C8H8BF3NOS-. The third-order valence-corrected chi connectivity index (χ3v) is 2.37. The van der Waals surface area contributed by atoms with Gasteiger partial charge in [0.2, 0.25) is 0 Å². The fraction of sp³-hybridized carbons (Fsp3) is 0.125. The third-order valence-electron chi connectivity index (χ3n) is 1.56. The zero-order chi connectivity index (χ0) is 11.5. The lowest BCUT2D eigenvalue weighted by molar-refractivity contribution is 0.499. The van der Waals surface area contributed by atoms with E-state index in [1.165, 1.54) is 24.6 Å². The molecule has 15 heavy (non-hydrogen) atoms. The maximum absolute atomic E-state index is 11.9. The van der Waals surface area contributed by atoms with Gasteiger partial charge in [0.1, 0.15) is 5.03 Å². The van der Waals surface area contributed by atoms with Gasteiger partial charge in [0.05, 0.1) is 10.8 Å². The van der Waals surface area contributed by atoms with Crippen LogP contribution in [0.2, 0.25) is 0 Å². The second-order valence-electron chi connectivity index (χ2n) is 2.87. The molecule has 0 spiro atoms. The summed E-state index contributed by atoms with van der Waals surface area (Å²) in [4.78, 5) is 3.77. The highest BCUT2D eigenvalue weighted by atomic mass is 32.2. The molecule has 0 aliphatic rings. The molecule has 0 amide bonds. The first-order valence-corrected chi connectivity index (χ1v) is 5.63. The Balaban J connectivity index is 2.92. The van der Waals surface area contributed by atoms with E-state index >= 15 is 0 Å². The number of hydrogen-bond acceptors (Lipinski definition) is 2. The van der Waals surface area contributed by atoms with E-state index in [0.717, 1.165) is 6.08 Å². The monoisotopic (exact) mass is 234 g/mol. The van der Waals surface area contributed by atoms with Gasteiger partial charge in [-0.2, -0.15) is 0 Å². The Labute approximate surface area is 87.7 Å². The quantitative estimate of drug-likeness (QED) is 0.750. The Morgan fingerprint density at radius 3 is 2.67 bits per heavy atom. The van der Waals surface area contributed by atoms with Gasteiger partial charge in [-0.25, -0.2) is 4.98 Å². The summed E-state index contributed by atoms with van der Waals surface area (Å²) in [6.07, 6.45) is 3.70. The lowest BCUT2D eigenvalue weighted by Gasteiger charge is -2.06. The van der Waals surface area contributed by atoms with Gasteiger partial charge in [-0.1, -0.05) is 6.08 Å². The van der Waals surface area contributed by atoms with Crippen LogP contribution < -0.4 is 0 Å². The summed E-state index contributed by atoms with van der Waals surface area (Å²) >= 11 is 0. The molecule has 7 heteroatoms. The third kappa shape index (κ3) is 4.29. The second-order valence-corrected chi connectivity index (χ2v) is 4.19. The van der Waals surface area contributed by atoms with Crippen molar-refractivity contribution in [3.63, 3.8) is 0 Å². The number of aromatic nitrogens is 1. The van der Waals surface area contributed by atoms with Crippen LogP contribution in [0.4, 0.5) is 12.9 Å². The fourth-order valence-corrected chi connectivity index (χ4v) is 1.42. The minimum absolute atomic E-state index is 0.192. The van der Waals surface area contributed by atoms with Crippen molar-refractivity contribution in [3.8, 4) is 0 Å². The van der Waals surface area contributed by atoms with E-state index in [9.17, 15) is 17.2 Å². The number of hydrogen-bond donors (Lipinski definition) is 0. The smallest absolute Gasteiger partial charge is 0.445 e. The first kappa shape index (κ1) is 12.0. The first-order chi connectivity index (χ1) is 6.88. The van der Waals surface area contributed by atoms with E-state index in [4.69, 9.17) is 0 Å². The van der Waals surface area contributed by atoms with Crippen molar-refractivity contribution in [1.82, 2.24) is 4.98 Å². The maximum atomic E-state index is 11.9. The predicted octanol–water partition coefficient (Wildman–Crippen LogP) is 2.22. The molecule has 0 aliphatic heterocycles. The number of rotatable bonds is 3. The van der Waals surface area contributed by atoms with Gasteiger partial charge in [0, 0.05) is 12.5 Å². The number of nitrogens with zero attached hydrogens (tertiary/aromatic N) is 1. The van der Waals surface area contributed by atoms with Crippen LogP contribution in [-0.2, 0) is 10.8 Å². The minimum atomic E-state index is -4.93. The molecule has 0 fully saturated rings. The van der Waals surface area contributed by atoms with Crippen molar-refractivity contribution in [3.05, 3.63) is 29.9 Å². The lowest BCUT2D eigenvalue weighted by atomic mass is 9.91. The predicted molar refractivity (Wildman–Crippen MR) is 54.7 cm³/mol. The van der Waals surface area contributed by atoms with E-state index in [1.807, 2.05) is 0 Å². The molecule has 0 saturated carbocycles.